The van der Waals surface area contributed by atoms with Gasteiger partial charge < -0.3 is 9.80 Å². The van der Waals surface area contributed by atoms with E-state index in [-0.39, 0.29) is 23.5 Å². The molecule has 1 unspecified atom stereocenters. The van der Waals surface area contributed by atoms with Gasteiger partial charge in [-0.05, 0) is 51.0 Å². The largest absolute Gasteiger partial charge is 0.369 e. The molecule has 0 N–H and O–H groups in total. The molecule has 0 radical (unpaired) electrons. The zero-order chi connectivity index (χ0) is 20.3. The van der Waals surface area contributed by atoms with E-state index in [1.807, 2.05) is 31.2 Å². The van der Waals surface area contributed by atoms with E-state index in [9.17, 15) is 13.2 Å². The lowest BCUT2D eigenvalue weighted by Gasteiger charge is -2.38. The zero-order valence-electron chi connectivity index (χ0n) is 17.3. The Hall–Kier alpha value is -1.60. The van der Waals surface area contributed by atoms with E-state index in [1.54, 1.807) is 4.90 Å². The summed E-state index contributed by atoms with van der Waals surface area (Å²) in [6.45, 7) is 11.2. The van der Waals surface area contributed by atoms with Gasteiger partial charge in [0.15, 0.2) is 9.84 Å². The lowest BCUT2D eigenvalue weighted by atomic mass is 10.1. The summed E-state index contributed by atoms with van der Waals surface area (Å²) in [6.07, 6.45) is 1.37. The predicted molar refractivity (Wildman–Crippen MR) is 114 cm³/mol. The van der Waals surface area contributed by atoms with Gasteiger partial charge in [-0.15, -0.1) is 0 Å². The Morgan fingerprint density at radius 3 is 2.29 bits per heavy atom. The molecule has 156 valence electrons. The number of carbonyl (C=O) groups is 1. The average molecular weight is 408 g/mol. The van der Waals surface area contributed by atoms with Gasteiger partial charge in [-0.2, -0.15) is 0 Å². The highest BCUT2D eigenvalue weighted by molar-refractivity contribution is 7.91. The first-order chi connectivity index (χ1) is 13.3. The lowest BCUT2D eigenvalue weighted by molar-refractivity contribution is 0.0697. The van der Waals surface area contributed by atoms with Gasteiger partial charge in [0.2, 0.25) is 0 Å². The molecule has 1 atom stereocenters. The standard InChI is InChI=1S/C21H33N3O3S/c1-4-10-24(20-9-15-28(26,27)16-20)21(25)18-5-7-19(8-6-18)23-13-11-22(12-14-23)17(2)3/h5-8,17,20H,4,9-16H2,1-3H3. The van der Waals surface area contributed by atoms with Crippen LogP contribution in [0, 0.1) is 0 Å². The molecule has 2 aliphatic rings. The zero-order valence-corrected chi connectivity index (χ0v) is 18.1. The Morgan fingerprint density at radius 2 is 1.79 bits per heavy atom. The van der Waals surface area contributed by atoms with Gasteiger partial charge in [-0.1, -0.05) is 6.92 Å². The van der Waals surface area contributed by atoms with Crippen LogP contribution in [-0.4, -0.2) is 80.4 Å². The molecule has 1 aromatic rings. The first-order valence-electron chi connectivity index (χ1n) is 10.4. The van der Waals surface area contributed by atoms with E-state index in [0.717, 1.165) is 38.3 Å². The highest BCUT2D eigenvalue weighted by Crippen LogP contribution is 2.23. The monoisotopic (exact) mass is 407 g/mol. The molecule has 28 heavy (non-hydrogen) atoms. The minimum atomic E-state index is -3.01. The van der Waals surface area contributed by atoms with Crippen LogP contribution in [0.15, 0.2) is 24.3 Å². The van der Waals surface area contributed by atoms with Crippen molar-refractivity contribution >= 4 is 21.4 Å². The van der Waals surface area contributed by atoms with Crippen LogP contribution in [0.5, 0.6) is 0 Å². The maximum atomic E-state index is 13.0. The molecule has 0 bridgehead atoms. The molecule has 2 fully saturated rings. The number of hydrogen-bond acceptors (Lipinski definition) is 5. The van der Waals surface area contributed by atoms with Gasteiger partial charge in [0.25, 0.3) is 5.91 Å². The first kappa shape index (κ1) is 21.1. The molecule has 6 nitrogen and oxygen atoms in total. The van der Waals surface area contributed by atoms with Crippen molar-refractivity contribution in [3.05, 3.63) is 29.8 Å². The third-order valence-electron chi connectivity index (χ3n) is 5.90. The maximum absolute atomic E-state index is 13.0. The average Bonchev–Trinajstić information content (AvgIpc) is 3.05. The van der Waals surface area contributed by atoms with Crippen molar-refractivity contribution in [3.8, 4) is 0 Å². The van der Waals surface area contributed by atoms with Crippen LogP contribution in [-0.2, 0) is 9.84 Å². The fourth-order valence-electron chi connectivity index (χ4n) is 4.19. The number of sulfone groups is 1. The van der Waals surface area contributed by atoms with E-state index >= 15 is 0 Å². The van der Waals surface area contributed by atoms with Gasteiger partial charge in [0.05, 0.1) is 11.5 Å². The highest BCUT2D eigenvalue weighted by atomic mass is 32.2. The van der Waals surface area contributed by atoms with E-state index in [2.05, 4.69) is 23.6 Å². The summed E-state index contributed by atoms with van der Waals surface area (Å²) >= 11 is 0. The van der Waals surface area contributed by atoms with Crippen molar-refractivity contribution < 1.29 is 13.2 Å². The van der Waals surface area contributed by atoms with E-state index in [0.29, 0.717) is 24.6 Å². The number of benzene rings is 1. The molecule has 0 aromatic heterocycles. The number of piperazine rings is 1. The summed E-state index contributed by atoms with van der Waals surface area (Å²) in [7, 11) is -3.01. The Balaban J connectivity index is 1.67. The number of rotatable bonds is 6. The molecule has 1 amide bonds. The molecule has 2 saturated heterocycles. The summed E-state index contributed by atoms with van der Waals surface area (Å²) in [6, 6.07) is 8.20. The smallest absolute Gasteiger partial charge is 0.254 e. The van der Waals surface area contributed by atoms with Gasteiger partial charge in [0.1, 0.15) is 0 Å². The van der Waals surface area contributed by atoms with Crippen molar-refractivity contribution in [2.75, 3.05) is 49.1 Å². The minimum absolute atomic E-state index is 0.0554. The summed E-state index contributed by atoms with van der Waals surface area (Å²) in [5.74, 6) is 0.226. The third kappa shape index (κ3) is 4.87. The van der Waals surface area contributed by atoms with E-state index < -0.39 is 9.84 Å². The fourth-order valence-corrected chi connectivity index (χ4v) is 5.92. The Labute approximate surface area is 169 Å². The van der Waals surface area contributed by atoms with Gasteiger partial charge >= 0.3 is 0 Å². The molecular formula is C21H33N3O3S. The maximum Gasteiger partial charge on any atom is 0.254 e. The van der Waals surface area contributed by atoms with Crippen molar-refractivity contribution in [2.24, 2.45) is 0 Å². The molecule has 7 heteroatoms. The summed E-state index contributed by atoms with van der Waals surface area (Å²) < 4.78 is 23.7. The summed E-state index contributed by atoms with van der Waals surface area (Å²) in [5, 5.41) is 0. The Kier molecular flexibility index (Phi) is 6.65. The molecule has 0 aliphatic carbocycles. The first-order valence-corrected chi connectivity index (χ1v) is 12.2. The summed E-state index contributed by atoms with van der Waals surface area (Å²) in [5.41, 5.74) is 1.78. The van der Waals surface area contributed by atoms with Crippen LogP contribution in [0.4, 0.5) is 5.69 Å². The topological polar surface area (TPSA) is 60.9 Å². The second kappa shape index (κ2) is 8.82. The number of nitrogens with zero attached hydrogens (tertiary/aromatic N) is 3. The van der Waals surface area contributed by atoms with E-state index in [4.69, 9.17) is 0 Å². The predicted octanol–water partition coefficient (Wildman–Crippen LogP) is 2.26. The minimum Gasteiger partial charge on any atom is -0.369 e. The number of amides is 1. The normalized spacial score (nSPS) is 22.6. The molecule has 2 aliphatic heterocycles. The second-order valence-electron chi connectivity index (χ2n) is 8.22. The van der Waals surface area contributed by atoms with Crippen molar-refractivity contribution in [3.63, 3.8) is 0 Å². The van der Waals surface area contributed by atoms with Crippen LogP contribution in [0.2, 0.25) is 0 Å². The van der Waals surface area contributed by atoms with Crippen LogP contribution < -0.4 is 4.90 Å². The second-order valence-corrected chi connectivity index (χ2v) is 10.4. The van der Waals surface area contributed by atoms with Crippen LogP contribution >= 0.6 is 0 Å². The molecule has 0 saturated carbocycles. The number of carbonyl (C=O) groups excluding carboxylic acids is 1. The quantitative estimate of drug-likeness (QED) is 0.724. The SMILES string of the molecule is CCCN(C(=O)c1ccc(N2CCN(C(C)C)CC2)cc1)C1CCS(=O)(=O)C1. The van der Waals surface area contributed by atoms with E-state index in [1.165, 1.54) is 0 Å². The molecular weight excluding hydrogens is 374 g/mol. The fraction of sp³-hybridized carbons (Fsp3) is 0.667. The lowest BCUT2D eigenvalue weighted by Crippen LogP contribution is -2.48. The van der Waals surface area contributed by atoms with Crippen LogP contribution in [0.25, 0.3) is 0 Å². The van der Waals surface area contributed by atoms with Crippen molar-refractivity contribution in [1.29, 1.82) is 0 Å². The van der Waals surface area contributed by atoms with Gasteiger partial charge in [0, 0.05) is 56.1 Å². The Morgan fingerprint density at radius 1 is 1.14 bits per heavy atom. The molecule has 2 heterocycles. The number of hydrogen-bond donors (Lipinski definition) is 0. The van der Waals surface area contributed by atoms with Crippen molar-refractivity contribution in [2.45, 2.75) is 45.7 Å². The van der Waals surface area contributed by atoms with Gasteiger partial charge in [-0.3, -0.25) is 9.69 Å². The van der Waals surface area contributed by atoms with Crippen LogP contribution in [0.1, 0.15) is 44.0 Å². The Bertz CT molecular complexity index is 769. The highest BCUT2D eigenvalue weighted by Gasteiger charge is 2.34. The van der Waals surface area contributed by atoms with Crippen molar-refractivity contribution in [1.82, 2.24) is 9.80 Å². The summed E-state index contributed by atoms with van der Waals surface area (Å²) in [4.78, 5) is 19.7. The van der Waals surface area contributed by atoms with Crippen LogP contribution in [0.3, 0.4) is 0 Å². The molecule has 3 rings (SSSR count). The van der Waals surface area contributed by atoms with Gasteiger partial charge in [-0.25, -0.2) is 8.42 Å². The molecule has 0 spiro atoms. The third-order valence-corrected chi connectivity index (χ3v) is 7.65. The molecule has 1 aromatic carbocycles. The number of anilines is 1.